The molecule has 0 saturated carbocycles. The molecule has 1 amide bonds. The Bertz CT molecular complexity index is 1290. The number of anilines is 2. The molecule has 0 saturated heterocycles. The van der Waals surface area contributed by atoms with E-state index in [0.717, 1.165) is 0 Å². The minimum absolute atomic E-state index is 0.127. The number of amides is 1. The number of hydrogen-bond donors (Lipinski definition) is 4. The third kappa shape index (κ3) is 5.54. The van der Waals surface area contributed by atoms with E-state index in [0.29, 0.717) is 33.3 Å². The van der Waals surface area contributed by atoms with Crippen LogP contribution in [0.1, 0.15) is 35.8 Å². The minimum Gasteiger partial charge on any atom is -0.485 e. The second-order valence-corrected chi connectivity index (χ2v) is 8.95. The molecule has 4 rings (SSSR count). The molecule has 1 heterocycles. The van der Waals surface area contributed by atoms with Gasteiger partial charge < -0.3 is 20.5 Å². The first-order valence-electron chi connectivity index (χ1n) is 10.9. The van der Waals surface area contributed by atoms with Crippen LogP contribution < -0.4 is 20.7 Å². The van der Waals surface area contributed by atoms with E-state index in [1.165, 1.54) is 0 Å². The molecule has 178 valence electrons. The van der Waals surface area contributed by atoms with Gasteiger partial charge in [-0.2, -0.15) is 5.26 Å². The molecule has 0 fully saturated rings. The molecule has 3 aromatic carbocycles. The van der Waals surface area contributed by atoms with Crippen molar-refractivity contribution in [2.75, 3.05) is 10.6 Å². The number of halogens is 1. The molecule has 35 heavy (non-hydrogen) atoms. The number of ether oxygens (including phenoxy) is 1. The first-order chi connectivity index (χ1) is 16.8. The van der Waals surface area contributed by atoms with Crippen molar-refractivity contribution >= 4 is 34.8 Å². The Balaban J connectivity index is 1.70. The van der Waals surface area contributed by atoms with E-state index < -0.39 is 17.7 Å². The average Bonchev–Trinajstić information content (AvgIpc) is 2.83. The first-order valence-corrected chi connectivity index (χ1v) is 11.3. The van der Waals surface area contributed by atoms with Crippen LogP contribution in [0.25, 0.3) is 0 Å². The van der Waals surface area contributed by atoms with E-state index >= 15 is 0 Å². The van der Waals surface area contributed by atoms with Gasteiger partial charge in [0.2, 0.25) is 5.96 Å². The SMILES string of the molecule is CC1(C)Oc2ccc(C(=O)Nc3ccccc3)cc2[C@@H](N=C(NC#N)Nc2ccc(Cl)cc2)[C@@H]1O. The van der Waals surface area contributed by atoms with Crippen molar-refractivity contribution in [3.8, 4) is 11.9 Å². The van der Waals surface area contributed by atoms with Crippen LogP contribution in [0.4, 0.5) is 11.4 Å². The van der Waals surface area contributed by atoms with Crippen molar-refractivity contribution in [1.29, 1.82) is 5.26 Å². The number of guanidine groups is 1. The molecular weight excluding hydrogens is 466 g/mol. The fourth-order valence-electron chi connectivity index (χ4n) is 3.73. The Morgan fingerprint density at radius 1 is 1.06 bits per heavy atom. The molecular formula is C26H24ClN5O3. The zero-order valence-electron chi connectivity index (χ0n) is 19.1. The standard InChI is InChI=1S/C26H24ClN5O3/c1-26(2)23(33)22(32-25(29-15-28)31-19-11-9-17(27)10-12-19)20-14-16(8-13-21(20)35-26)24(34)30-18-6-4-3-5-7-18/h3-14,22-23,33H,1-2H3,(H,30,34)(H2,29,31,32)/t22-,23+/m1/s1. The smallest absolute Gasteiger partial charge is 0.255 e. The fourth-order valence-corrected chi connectivity index (χ4v) is 3.86. The highest BCUT2D eigenvalue weighted by Crippen LogP contribution is 2.42. The number of nitrogens with one attached hydrogen (secondary N) is 3. The molecule has 1 aliphatic heterocycles. The summed E-state index contributed by atoms with van der Waals surface area (Å²) in [7, 11) is 0. The van der Waals surface area contributed by atoms with Gasteiger partial charge in [-0.3, -0.25) is 10.1 Å². The van der Waals surface area contributed by atoms with Gasteiger partial charge in [0, 0.05) is 27.5 Å². The number of benzene rings is 3. The summed E-state index contributed by atoms with van der Waals surface area (Å²) in [5.41, 5.74) is 1.24. The summed E-state index contributed by atoms with van der Waals surface area (Å²) in [6.45, 7) is 3.51. The van der Waals surface area contributed by atoms with E-state index in [9.17, 15) is 15.2 Å². The highest BCUT2D eigenvalue weighted by molar-refractivity contribution is 6.30. The van der Waals surface area contributed by atoms with Gasteiger partial charge in [0.15, 0.2) is 6.19 Å². The van der Waals surface area contributed by atoms with Crippen LogP contribution in [-0.2, 0) is 0 Å². The van der Waals surface area contributed by atoms with E-state index in [2.05, 4.69) is 20.9 Å². The van der Waals surface area contributed by atoms with Crippen molar-refractivity contribution in [3.05, 3.63) is 88.9 Å². The van der Waals surface area contributed by atoms with Gasteiger partial charge in [-0.25, -0.2) is 4.99 Å². The molecule has 0 spiro atoms. The predicted octanol–water partition coefficient (Wildman–Crippen LogP) is 4.70. The summed E-state index contributed by atoms with van der Waals surface area (Å²) in [5.74, 6) is 0.311. The summed E-state index contributed by atoms with van der Waals surface area (Å²) >= 11 is 5.96. The third-order valence-electron chi connectivity index (χ3n) is 5.56. The van der Waals surface area contributed by atoms with E-state index in [-0.39, 0.29) is 11.9 Å². The van der Waals surface area contributed by atoms with Crippen molar-refractivity contribution in [1.82, 2.24) is 5.32 Å². The number of rotatable bonds is 4. The second-order valence-electron chi connectivity index (χ2n) is 8.51. The maximum Gasteiger partial charge on any atom is 0.255 e. The molecule has 3 aromatic rings. The van der Waals surface area contributed by atoms with Crippen molar-refractivity contribution in [3.63, 3.8) is 0 Å². The Hall–Kier alpha value is -4.06. The topological polar surface area (TPSA) is 119 Å². The number of aliphatic hydroxyl groups is 1. The van der Waals surface area contributed by atoms with E-state index in [1.54, 1.807) is 68.4 Å². The zero-order chi connectivity index (χ0) is 25.0. The Kier molecular flexibility index (Phi) is 6.92. The number of nitriles is 1. The highest BCUT2D eigenvalue weighted by atomic mass is 35.5. The molecule has 1 aliphatic rings. The lowest BCUT2D eigenvalue weighted by Crippen LogP contribution is -2.49. The number of carbonyl (C=O) groups excluding carboxylic acids is 1. The van der Waals surface area contributed by atoms with Gasteiger partial charge in [0.25, 0.3) is 5.91 Å². The van der Waals surface area contributed by atoms with Crippen LogP contribution >= 0.6 is 11.6 Å². The Morgan fingerprint density at radius 2 is 1.74 bits per heavy atom. The maximum absolute atomic E-state index is 12.9. The van der Waals surface area contributed by atoms with E-state index in [1.807, 2.05) is 24.4 Å². The summed E-state index contributed by atoms with van der Waals surface area (Å²) in [6, 6.07) is 20.2. The molecule has 0 aliphatic carbocycles. The van der Waals surface area contributed by atoms with Crippen LogP contribution in [-0.4, -0.2) is 28.7 Å². The Labute approximate surface area is 208 Å². The van der Waals surface area contributed by atoms with Crippen LogP contribution in [0, 0.1) is 11.5 Å². The number of fused-ring (bicyclic) bond motifs is 1. The van der Waals surface area contributed by atoms with Crippen LogP contribution in [0.5, 0.6) is 5.75 Å². The Morgan fingerprint density at radius 3 is 2.43 bits per heavy atom. The zero-order valence-corrected chi connectivity index (χ0v) is 19.9. The monoisotopic (exact) mass is 489 g/mol. The number of hydrogen-bond acceptors (Lipinski definition) is 5. The van der Waals surface area contributed by atoms with Gasteiger partial charge in [-0.15, -0.1) is 0 Å². The normalized spacial score (nSPS) is 18.4. The first kappa shape index (κ1) is 24.1. The largest absolute Gasteiger partial charge is 0.485 e. The summed E-state index contributed by atoms with van der Waals surface area (Å²) in [6.07, 6.45) is 0.794. The number of para-hydroxylation sites is 1. The van der Waals surface area contributed by atoms with Crippen molar-refractivity contribution in [2.45, 2.75) is 31.6 Å². The van der Waals surface area contributed by atoms with Gasteiger partial charge in [-0.05, 0) is 68.4 Å². The lowest BCUT2D eigenvalue weighted by molar-refractivity contribution is -0.0567. The minimum atomic E-state index is -1.06. The maximum atomic E-state index is 12.9. The molecule has 9 heteroatoms. The van der Waals surface area contributed by atoms with Gasteiger partial charge in [-0.1, -0.05) is 29.8 Å². The lowest BCUT2D eigenvalue weighted by Gasteiger charge is -2.40. The van der Waals surface area contributed by atoms with Gasteiger partial charge in [0.05, 0.1) is 0 Å². The third-order valence-corrected chi connectivity index (χ3v) is 5.81. The van der Waals surface area contributed by atoms with E-state index in [4.69, 9.17) is 16.3 Å². The molecule has 4 N–H and O–H groups in total. The highest BCUT2D eigenvalue weighted by Gasteiger charge is 2.43. The number of carbonyl (C=O) groups is 1. The predicted molar refractivity (Wildman–Crippen MR) is 136 cm³/mol. The number of nitrogens with zero attached hydrogens (tertiary/aromatic N) is 2. The number of aliphatic imine (C=N–C) groups is 1. The van der Waals surface area contributed by atoms with Crippen molar-refractivity contribution < 1.29 is 14.6 Å². The number of aliphatic hydroxyl groups excluding tert-OH is 1. The summed E-state index contributed by atoms with van der Waals surface area (Å²) in [4.78, 5) is 17.5. The quantitative estimate of drug-likeness (QED) is 0.182. The van der Waals surface area contributed by atoms with Crippen LogP contribution in [0.3, 0.4) is 0 Å². The molecule has 2 atom stereocenters. The van der Waals surface area contributed by atoms with Crippen LogP contribution in [0.2, 0.25) is 5.02 Å². The summed E-state index contributed by atoms with van der Waals surface area (Å²) < 4.78 is 6.02. The molecule has 8 nitrogen and oxygen atoms in total. The lowest BCUT2D eigenvalue weighted by atomic mass is 9.86. The molecule has 0 radical (unpaired) electrons. The van der Waals surface area contributed by atoms with Crippen LogP contribution in [0.15, 0.2) is 77.8 Å². The van der Waals surface area contributed by atoms with Gasteiger partial charge in [0.1, 0.15) is 23.5 Å². The van der Waals surface area contributed by atoms with Crippen molar-refractivity contribution in [2.24, 2.45) is 4.99 Å². The average molecular weight is 490 g/mol. The molecule has 0 bridgehead atoms. The van der Waals surface area contributed by atoms with Gasteiger partial charge >= 0.3 is 0 Å². The molecule has 0 aromatic heterocycles. The fraction of sp³-hybridized carbons (Fsp3) is 0.192. The second kappa shape index (κ2) is 10.1. The molecule has 0 unspecified atom stereocenters. The summed E-state index contributed by atoms with van der Waals surface area (Å²) in [5, 5.41) is 29.4.